The zero-order valence-corrected chi connectivity index (χ0v) is 15.1. The third kappa shape index (κ3) is 3.87. The SMILES string of the molecule is COc1ccc(NC(C)CSc2nc(N)nc3nc[nH]c23)cc1OC. The molecule has 0 aliphatic carbocycles. The summed E-state index contributed by atoms with van der Waals surface area (Å²) >= 11 is 1.59. The van der Waals surface area contributed by atoms with Crippen molar-refractivity contribution >= 4 is 34.6 Å². The lowest BCUT2D eigenvalue weighted by Crippen LogP contribution is -2.18. The highest BCUT2D eigenvalue weighted by Crippen LogP contribution is 2.30. The maximum absolute atomic E-state index is 5.74. The number of aromatic nitrogens is 4. The minimum Gasteiger partial charge on any atom is -0.493 e. The van der Waals surface area contributed by atoms with Crippen LogP contribution in [0.3, 0.4) is 0 Å². The van der Waals surface area contributed by atoms with Gasteiger partial charge in [-0.15, -0.1) is 11.8 Å². The van der Waals surface area contributed by atoms with E-state index in [4.69, 9.17) is 15.2 Å². The van der Waals surface area contributed by atoms with Gasteiger partial charge in [-0.25, -0.2) is 9.97 Å². The number of imidazole rings is 1. The second-order valence-electron chi connectivity index (χ2n) is 5.41. The minimum absolute atomic E-state index is 0.192. The molecular weight excluding hydrogens is 340 g/mol. The standard InChI is InChI=1S/C16H20N6O2S/c1-9(20-10-4-5-11(23-2)12(6-10)24-3)7-25-15-13-14(19-8-18-13)21-16(17)22-15/h4-6,8-9,20H,7H2,1-3H3,(H3,17,18,19,21,22). The highest BCUT2D eigenvalue weighted by atomic mass is 32.2. The van der Waals surface area contributed by atoms with Gasteiger partial charge in [0.1, 0.15) is 10.5 Å². The van der Waals surface area contributed by atoms with Crippen LogP contribution < -0.4 is 20.5 Å². The molecule has 2 aromatic heterocycles. The van der Waals surface area contributed by atoms with Crippen molar-refractivity contribution in [2.45, 2.75) is 18.0 Å². The topological polar surface area (TPSA) is 111 Å². The summed E-state index contributed by atoms with van der Waals surface area (Å²) in [5.74, 6) is 2.41. The van der Waals surface area contributed by atoms with E-state index in [1.807, 2.05) is 18.2 Å². The molecule has 132 valence electrons. The summed E-state index contributed by atoms with van der Waals surface area (Å²) in [4.78, 5) is 15.6. The summed E-state index contributed by atoms with van der Waals surface area (Å²) in [5.41, 5.74) is 8.08. The van der Waals surface area contributed by atoms with Gasteiger partial charge in [0, 0.05) is 23.5 Å². The molecule has 0 aliphatic rings. The second kappa shape index (κ2) is 7.47. The molecule has 0 bridgehead atoms. The van der Waals surface area contributed by atoms with Gasteiger partial charge in [-0.05, 0) is 19.1 Å². The summed E-state index contributed by atoms with van der Waals surface area (Å²) in [7, 11) is 3.24. The van der Waals surface area contributed by atoms with Gasteiger partial charge in [0.05, 0.1) is 20.5 Å². The van der Waals surface area contributed by atoms with E-state index < -0.39 is 0 Å². The molecule has 1 aromatic carbocycles. The number of fused-ring (bicyclic) bond motifs is 1. The van der Waals surface area contributed by atoms with Crippen molar-refractivity contribution in [3.63, 3.8) is 0 Å². The van der Waals surface area contributed by atoms with E-state index in [1.165, 1.54) is 0 Å². The van der Waals surface area contributed by atoms with Crippen LogP contribution >= 0.6 is 11.8 Å². The molecule has 4 N–H and O–H groups in total. The van der Waals surface area contributed by atoms with Crippen LogP contribution in [0, 0.1) is 0 Å². The van der Waals surface area contributed by atoms with Crippen LogP contribution in [0.25, 0.3) is 11.2 Å². The highest BCUT2D eigenvalue weighted by Gasteiger charge is 2.12. The first-order chi connectivity index (χ1) is 12.1. The van der Waals surface area contributed by atoms with Gasteiger partial charge in [0.2, 0.25) is 5.95 Å². The number of hydrogen-bond donors (Lipinski definition) is 3. The number of thioether (sulfide) groups is 1. The van der Waals surface area contributed by atoms with Crippen molar-refractivity contribution in [1.82, 2.24) is 19.9 Å². The number of H-pyrrole nitrogens is 1. The van der Waals surface area contributed by atoms with Crippen molar-refractivity contribution in [1.29, 1.82) is 0 Å². The summed E-state index contributed by atoms with van der Waals surface area (Å²) in [6.07, 6.45) is 1.59. The summed E-state index contributed by atoms with van der Waals surface area (Å²) < 4.78 is 10.6. The highest BCUT2D eigenvalue weighted by molar-refractivity contribution is 7.99. The lowest BCUT2D eigenvalue weighted by molar-refractivity contribution is 0.355. The molecule has 8 nitrogen and oxygen atoms in total. The molecule has 2 heterocycles. The number of anilines is 2. The Morgan fingerprint density at radius 3 is 2.80 bits per heavy atom. The first kappa shape index (κ1) is 17.2. The summed E-state index contributed by atoms with van der Waals surface area (Å²) in [5, 5.41) is 4.23. The fourth-order valence-electron chi connectivity index (χ4n) is 2.38. The lowest BCUT2D eigenvalue weighted by Gasteiger charge is -2.16. The molecule has 0 spiro atoms. The van der Waals surface area contributed by atoms with Gasteiger partial charge >= 0.3 is 0 Å². The molecule has 0 amide bonds. The van der Waals surface area contributed by atoms with E-state index >= 15 is 0 Å². The smallest absolute Gasteiger partial charge is 0.223 e. The molecule has 0 radical (unpaired) electrons. The van der Waals surface area contributed by atoms with Crippen LogP contribution in [0.1, 0.15) is 6.92 Å². The first-order valence-electron chi connectivity index (χ1n) is 7.68. The van der Waals surface area contributed by atoms with Crippen LogP contribution in [0.15, 0.2) is 29.6 Å². The Morgan fingerprint density at radius 2 is 2.04 bits per heavy atom. The van der Waals surface area contributed by atoms with Gasteiger partial charge in [-0.3, -0.25) is 0 Å². The van der Waals surface area contributed by atoms with E-state index in [2.05, 4.69) is 32.2 Å². The number of nitrogens with two attached hydrogens (primary N) is 1. The number of methoxy groups -OCH3 is 2. The Morgan fingerprint density at radius 1 is 1.24 bits per heavy atom. The molecule has 0 saturated carbocycles. The summed E-state index contributed by atoms with van der Waals surface area (Å²) in [6, 6.07) is 5.94. The predicted molar refractivity (Wildman–Crippen MR) is 99.5 cm³/mol. The minimum atomic E-state index is 0.192. The zero-order valence-electron chi connectivity index (χ0n) is 14.2. The molecule has 0 saturated heterocycles. The quantitative estimate of drug-likeness (QED) is 0.435. The molecule has 3 aromatic rings. The number of benzene rings is 1. The third-order valence-electron chi connectivity index (χ3n) is 3.54. The van der Waals surface area contributed by atoms with Crippen molar-refractivity contribution in [3.05, 3.63) is 24.5 Å². The average molecular weight is 360 g/mol. The average Bonchev–Trinajstić information content (AvgIpc) is 3.07. The molecule has 1 unspecified atom stereocenters. The van der Waals surface area contributed by atoms with Gasteiger partial charge < -0.3 is 25.5 Å². The van der Waals surface area contributed by atoms with Crippen LogP contribution in [0.4, 0.5) is 11.6 Å². The Labute approximate surface area is 149 Å². The second-order valence-corrected chi connectivity index (χ2v) is 6.42. The van der Waals surface area contributed by atoms with Crippen molar-refractivity contribution in [2.24, 2.45) is 0 Å². The van der Waals surface area contributed by atoms with Crippen LogP contribution in [-0.2, 0) is 0 Å². The van der Waals surface area contributed by atoms with Crippen molar-refractivity contribution < 1.29 is 9.47 Å². The Kier molecular flexibility index (Phi) is 5.13. The number of hydrogen-bond acceptors (Lipinski definition) is 8. The fourth-order valence-corrected chi connectivity index (χ4v) is 3.33. The third-order valence-corrected chi connectivity index (χ3v) is 4.77. The van der Waals surface area contributed by atoms with Gasteiger partial charge in [-0.2, -0.15) is 4.98 Å². The van der Waals surface area contributed by atoms with E-state index in [0.29, 0.717) is 17.1 Å². The maximum Gasteiger partial charge on any atom is 0.223 e. The van der Waals surface area contributed by atoms with Crippen LogP contribution in [-0.4, -0.2) is 46.0 Å². The number of ether oxygens (including phenoxy) is 2. The van der Waals surface area contributed by atoms with Crippen LogP contribution in [0.2, 0.25) is 0 Å². The van der Waals surface area contributed by atoms with Crippen LogP contribution in [0.5, 0.6) is 11.5 Å². The fraction of sp³-hybridized carbons (Fsp3) is 0.312. The molecule has 1 atom stereocenters. The largest absolute Gasteiger partial charge is 0.493 e. The lowest BCUT2D eigenvalue weighted by atomic mass is 10.2. The summed E-state index contributed by atoms with van der Waals surface area (Å²) in [6.45, 7) is 2.10. The molecule has 0 aliphatic heterocycles. The van der Waals surface area contributed by atoms with Crippen molar-refractivity contribution in [3.8, 4) is 11.5 Å². The van der Waals surface area contributed by atoms with E-state index in [1.54, 1.807) is 32.3 Å². The maximum atomic E-state index is 5.74. The van der Waals surface area contributed by atoms with Crippen molar-refractivity contribution in [2.75, 3.05) is 31.0 Å². The number of nitrogen functional groups attached to an aromatic ring is 1. The Bertz CT molecular complexity index is 869. The van der Waals surface area contributed by atoms with E-state index in [-0.39, 0.29) is 12.0 Å². The van der Waals surface area contributed by atoms with Gasteiger partial charge in [-0.1, -0.05) is 0 Å². The zero-order chi connectivity index (χ0) is 17.8. The Hall–Kier alpha value is -2.68. The molecule has 0 fully saturated rings. The van der Waals surface area contributed by atoms with Gasteiger partial charge in [0.15, 0.2) is 17.1 Å². The monoisotopic (exact) mass is 360 g/mol. The Balaban J connectivity index is 1.66. The molecule has 3 rings (SSSR count). The molecular formula is C16H20N6O2S. The normalized spacial score (nSPS) is 12.1. The molecule has 25 heavy (non-hydrogen) atoms. The van der Waals surface area contributed by atoms with Gasteiger partial charge in [0.25, 0.3) is 0 Å². The van der Waals surface area contributed by atoms with E-state index in [9.17, 15) is 0 Å². The predicted octanol–water partition coefficient (Wildman–Crippen LogP) is 2.55. The number of rotatable bonds is 7. The number of nitrogens with one attached hydrogen (secondary N) is 2. The number of nitrogens with zero attached hydrogens (tertiary/aromatic N) is 3. The first-order valence-corrected chi connectivity index (χ1v) is 8.67. The van der Waals surface area contributed by atoms with E-state index in [0.717, 1.165) is 22.0 Å². The number of aromatic amines is 1. The molecule has 9 heteroatoms.